The highest BCUT2D eigenvalue weighted by atomic mass is 32.2. The number of hydrogen-bond donors (Lipinski definition) is 1. The van der Waals surface area contributed by atoms with E-state index in [-0.39, 0.29) is 5.75 Å². The number of thioether (sulfide) groups is 1. The number of fused-ring (bicyclic) bond motifs is 1. The monoisotopic (exact) mass is 333 g/mol. The lowest BCUT2D eigenvalue weighted by Gasteiger charge is -2.27. The largest absolute Gasteiger partial charge is 0.386 e. The van der Waals surface area contributed by atoms with Gasteiger partial charge in [0, 0.05) is 19.3 Å². The van der Waals surface area contributed by atoms with Crippen molar-refractivity contribution in [1.82, 2.24) is 14.7 Å². The second-order valence-electron chi connectivity index (χ2n) is 5.51. The smallest absolute Gasteiger partial charge is 0.150 e. The SMILES string of the molecule is CSCCCN1CCn2nc(C(O)CS(C)(=O)=O)cc2C1. The van der Waals surface area contributed by atoms with Gasteiger partial charge >= 0.3 is 0 Å². The molecule has 120 valence electrons. The maximum absolute atomic E-state index is 11.3. The molecule has 0 amide bonds. The molecule has 2 rings (SSSR count). The number of hydrogen-bond acceptors (Lipinski definition) is 6. The molecule has 0 aliphatic carbocycles. The lowest BCUT2D eigenvalue weighted by Crippen LogP contribution is -2.34. The molecule has 0 fully saturated rings. The summed E-state index contributed by atoms with van der Waals surface area (Å²) in [7, 11) is -3.21. The fourth-order valence-corrected chi connectivity index (χ4v) is 3.66. The van der Waals surface area contributed by atoms with Gasteiger partial charge in [-0.05, 0) is 31.0 Å². The van der Waals surface area contributed by atoms with E-state index in [1.165, 1.54) is 6.42 Å². The first-order valence-electron chi connectivity index (χ1n) is 7.03. The number of aliphatic hydroxyl groups is 1. The molecule has 0 bridgehead atoms. The highest BCUT2D eigenvalue weighted by Crippen LogP contribution is 2.19. The normalized spacial score (nSPS) is 17.7. The highest BCUT2D eigenvalue weighted by molar-refractivity contribution is 7.98. The van der Waals surface area contributed by atoms with E-state index >= 15 is 0 Å². The summed E-state index contributed by atoms with van der Waals surface area (Å²) in [6.07, 6.45) is 3.36. The summed E-state index contributed by atoms with van der Waals surface area (Å²) in [5.41, 5.74) is 1.51. The average molecular weight is 333 g/mol. The lowest BCUT2D eigenvalue weighted by atomic mass is 10.2. The Morgan fingerprint density at radius 2 is 2.24 bits per heavy atom. The van der Waals surface area contributed by atoms with Crippen molar-refractivity contribution < 1.29 is 13.5 Å². The van der Waals surface area contributed by atoms with Gasteiger partial charge in [-0.25, -0.2) is 8.42 Å². The number of rotatable bonds is 7. The average Bonchev–Trinajstić information content (AvgIpc) is 2.80. The molecule has 1 aliphatic heterocycles. The van der Waals surface area contributed by atoms with Gasteiger partial charge in [0.2, 0.25) is 0 Å². The van der Waals surface area contributed by atoms with Gasteiger partial charge in [0.05, 0.1) is 23.7 Å². The topological polar surface area (TPSA) is 75.4 Å². The van der Waals surface area contributed by atoms with Crippen LogP contribution in [-0.4, -0.2) is 65.3 Å². The molecule has 0 radical (unpaired) electrons. The standard InChI is InChI=1S/C13H23N3O3S2/c1-20-7-3-4-15-5-6-16-11(9-15)8-12(14-16)13(17)10-21(2,18)19/h8,13,17H,3-7,9-10H2,1-2H3. The van der Waals surface area contributed by atoms with Crippen molar-refractivity contribution in [1.29, 1.82) is 0 Å². The van der Waals surface area contributed by atoms with Crippen molar-refractivity contribution in [2.75, 3.05) is 37.1 Å². The quantitative estimate of drug-likeness (QED) is 0.734. The molecular formula is C13H23N3O3S2. The zero-order valence-electron chi connectivity index (χ0n) is 12.5. The molecule has 1 N–H and O–H groups in total. The van der Waals surface area contributed by atoms with E-state index in [0.29, 0.717) is 5.69 Å². The van der Waals surface area contributed by atoms with Crippen molar-refractivity contribution in [2.24, 2.45) is 0 Å². The van der Waals surface area contributed by atoms with Gasteiger partial charge in [0.1, 0.15) is 15.9 Å². The van der Waals surface area contributed by atoms with E-state index in [2.05, 4.69) is 16.3 Å². The van der Waals surface area contributed by atoms with Gasteiger partial charge in [-0.3, -0.25) is 9.58 Å². The van der Waals surface area contributed by atoms with E-state index in [1.54, 1.807) is 0 Å². The number of aromatic nitrogens is 2. The van der Waals surface area contributed by atoms with Crippen LogP contribution in [0.5, 0.6) is 0 Å². The van der Waals surface area contributed by atoms with E-state index in [4.69, 9.17) is 0 Å². The molecule has 8 heteroatoms. The first kappa shape index (κ1) is 16.8. The molecule has 1 atom stereocenters. The van der Waals surface area contributed by atoms with Crippen LogP contribution in [0.4, 0.5) is 0 Å². The van der Waals surface area contributed by atoms with Crippen LogP contribution in [0.3, 0.4) is 0 Å². The Kier molecular flexibility index (Phi) is 5.70. The minimum Gasteiger partial charge on any atom is -0.386 e. The van der Waals surface area contributed by atoms with Crippen molar-refractivity contribution in [3.8, 4) is 0 Å². The van der Waals surface area contributed by atoms with Crippen LogP contribution in [0.2, 0.25) is 0 Å². The summed E-state index contributed by atoms with van der Waals surface area (Å²) >= 11 is 1.85. The Labute approximate surface area is 130 Å². The van der Waals surface area contributed by atoms with Crippen LogP contribution in [0, 0.1) is 0 Å². The second-order valence-corrected chi connectivity index (χ2v) is 8.68. The van der Waals surface area contributed by atoms with Gasteiger partial charge < -0.3 is 5.11 Å². The Hall–Kier alpha value is -0.570. The van der Waals surface area contributed by atoms with Crippen LogP contribution >= 0.6 is 11.8 Å². The predicted octanol–water partition coefficient (Wildman–Crippen LogP) is 0.530. The molecule has 0 saturated heterocycles. The van der Waals surface area contributed by atoms with E-state index < -0.39 is 15.9 Å². The van der Waals surface area contributed by atoms with E-state index in [9.17, 15) is 13.5 Å². The number of sulfone groups is 1. The Bertz CT molecular complexity index is 571. The third-order valence-electron chi connectivity index (χ3n) is 3.52. The molecular weight excluding hydrogens is 310 g/mol. The Balaban J connectivity index is 1.98. The fraction of sp³-hybridized carbons (Fsp3) is 0.769. The maximum Gasteiger partial charge on any atom is 0.150 e. The third-order valence-corrected chi connectivity index (χ3v) is 5.14. The second kappa shape index (κ2) is 7.13. The minimum atomic E-state index is -3.21. The predicted molar refractivity (Wildman–Crippen MR) is 85.2 cm³/mol. The zero-order valence-corrected chi connectivity index (χ0v) is 14.2. The van der Waals surface area contributed by atoms with E-state index in [1.807, 2.05) is 22.5 Å². The van der Waals surface area contributed by atoms with E-state index in [0.717, 1.165) is 43.9 Å². The highest BCUT2D eigenvalue weighted by Gasteiger charge is 2.22. The van der Waals surface area contributed by atoms with Crippen molar-refractivity contribution in [3.63, 3.8) is 0 Å². The molecule has 1 aromatic rings. The molecule has 2 heterocycles. The third kappa shape index (κ3) is 4.98. The van der Waals surface area contributed by atoms with Gasteiger partial charge in [0.15, 0.2) is 0 Å². The number of nitrogens with zero attached hydrogens (tertiary/aromatic N) is 3. The summed E-state index contributed by atoms with van der Waals surface area (Å²) in [6.45, 7) is 3.62. The van der Waals surface area contributed by atoms with Gasteiger partial charge in [-0.2, -0.15) is 16.9 Å². The molecule has 0 aromatic carbocycles. The van der Waals surface area contributed by atoms with Gasteiger partial charge in [-0.1, -0.05) is 0 Å². The van der Waals surface area contributed by atoms with Crippen LogP contribution in [0.15, 0.2) is 6.07 Å². The minimum absolute atomic E-state index is 0.277. The van der Waals surface area contributed by atoms with Crippen molar-refractivity contribution in [3.05, 3.63) is 17.5 Å². The van der Waals surface area contributed by atoms with Crippen LogP contribution in [0.25, 0.3) is 0 Å². The molecule has 0 saturated carbocycles. The fourth-order valence-electron chi connectivity index (χ4n) is 2.50. The van der Waals surface area contributed by atoms with Gasteiger partial charge in [-0.15, -0.1) is 0 Å². The maximum atomic E-state index is 11.3. The first-order valence-corrected chi connectivity index (χ1v) is 10.5. The number of aliphatic hydroxyl groups excluding tert-OH is 1. The molecule has 6 nitrogen and oxygen atoms in total. The molecule has 21 heavy (non-hydrogen) atoms. The summed E-state index contributed by atoms with van der Waals surface area (Å²) in [6, 6.07) is 1.83. The summed E-state index contributed by atoms with van der Waals surface area (Å²) in [4.78, 5) is 2.37. The lowest BCUT2D eigenvalue weighted by molar-refractivity contribution is 0.193. The van der Waals surface area contributed by atoms with Gasteiger partial charge in [0.25, 0.3) is 0 Å². The first-order chi connectivity index (χ1) is 9.89. The Morgan fingerprint density at radius 3 is 2.90 bits per heavy atom. The summed E-state index contributed by atoms with van der Waals surface area (Å²) in [5.74, 6) is 0.884. The van der Waals surface area contributed by atoms with Crippen LogP contribution in [-0.2, 0) is 22.9 Å². The Morgan fingerprint density at radius 1 is 1.48 bits per heavy atom. The van der Waals surface area contributed by atoms with Crippen molar-refractivity contribution in [2.45, 2.75) is 25.6 Å². The summed E-state index contributed by atoms with van der Waals surface area (Å²) in [5, 5.41) is 14.3. The zero-order chi connectivity index (χ0) is 15.5. The molecule has 1 aromatic heterocycles. The molecule has 1 unspecified atom stereocenters. The van der Waals surface area contributed by atoms with Crippen LogP contribution < -0.4 is 0 Å². The summed E-state index contributed by atoms with van der Waals surface area (Å²) < 4.78 is 24.4. The molecule has 0 spiro atoms. The van der Waals surface area contributed by atoms with Crippen LogP contribution in [0.1, 0.15) is 23.9 Å². The van der Waals surface area contributed by atoms with Crippen molar-refractivity contribution >= 4 is 21.6 Å². The molecule has 1 aliphatic rings.